The number of amides is 1. The third-order valence-electron chi connectivity index (χ3n) is 4.44. The molecule has 1 amide bonds. The molecule has 1 saturated heterocycles. The molecule has 154 valence electrons. The van der Waals surface area contributed by atoms with E-state index in [1.165, 1.54) is 0 Å². The van der Waals surface area contributed by atoms with Crippen molar-refractivity contribution >= 4 is 30.1 Å². The molecule has 2 N–H and O–H groups in total. The number of nitrogens with zero attached hydrogens (tertiary/aromatic N) is 1. The number of thioether (sulfide) groups is 1. The van der Waals surface area contributed by atoms with E-state index in [9.17, 15) is 4.79 Å². The second kappa shape index (κ2) is 13.1. The summed E-state index contributed by atoms with van der Waals surface area (Å²) < 4.78 is 16.3. The quantitative estimate of drug-likeness (QED) is 0.465. The number of benzene rings is 1. The van der Waals surface area contributed by atoms with E-state index in [0.717, 1.165) is 49.6 Å². The van der Waals surface area contributed by atoms with Gasteiger partial charge in [-0.25, -0.2) is 0 Å². The molecule has 6 nitrogen and oxygen atoms in total. The molecule has 0 spiro atoms. The van der Waals surface area contributed by atoms with Gasteiger partial charge >= 0.3 is 0 Å². The smallest absolute Gasteiger partial charge is 0.223 e. The third-order valence-corrected chi connectivity index (χ3v) is 5.43. The maximum atomic E-state index is 12.4. The number of hydrogen-bond donors (Lipinski definition) is 1. The summed E-state index contributed by atoms with van der Waals surface area (Å²) in [6.45, 7) is 2.95. The van der Waals surface area contributed by atoms with Gasteiger partial charge in [-0.15, -0.1) is 24.2 Å². The number of rotatable bonds is 10. The molecule has 0 bridgehead atoms. The molecule has 0 radical (unpaired) electrons. The normalized spacial score (nSPS) is 14.6. The summed E-state index contributed by atoms with van der Waals surface area (Å²) in [4.78, 5) is 15.4. The van der Waals surface area contributed by atoms with Crippen molar-refractivity contribution in [1.29, 1.82) is 0 Å². The van der Waals surface area contributed by atoms with Gasteiger partial charge in [-0.3, -0.25) is 4.79 Å². The average molecular weight is 419 g/mol. The predicted octanol–water partition coefficient (Wildman–Crippen LogP) is 2.96. The largest absolute Gasteiger partial charge is 0.493 e. The van der Waals surface area contributed by atoms with Gasteiger partial charge in [-0.2, -0.15) is 0 Å². The summed E-state index contributed by atoms with van der Waals surface area (Å²) in [5.74, 6) is 2.39. The lowest BCUT2D eigenvalue weighted by Crippen LogP contribution is -2.41. The molecule has 8 heteroatoms. The molecule has 0 saturated carbocycles. The van der Waals surface area contributed by atoms with Gasteiger partial charge in [-0.1, -0.05) is 0 Å². The van der Waals surface area contributed by atoms with Crippen LogP contribution >= 0.6 is 24.2 Å². The molecule has 1 aromatic carbocycles. The second-order valence-corrected chi connectivity index (χ2v) is 7.38. The summed E-state index contributed by atoms with van der Waals surface area (Å²) in [5.41, 5.74) is 5.48. The summed E-state index contributed by atoms with van der Waals surface area (Å²) in [5, 5.41) is 0. The van der Waals surface area contributed by atoms with E-state index >= 15 is 0 Å². The highest BCUT2D eigenvalue weighted by Crippen LogP contribution is 2.32. The molecular weight excluding hydrogens is 388 g/mol. The maximum Gasteiger partial charge on any atom is 0.223 e. The standard InChI is InChI=1S/C19H30N2O4S.ClH/c1-23-17-5-4-16(14-18(17)24-2)26-13-8-19(22)21-10-6-15(7-11-21)25-12-3-9-20;/h4-5,14-15H,3,6-13,20H2,1-2H3;1H. The van der Waals surface area contributed by atoms with Crippen LogP contribution in [0.3, 0.4) is 0 Å². The zero-order chi connectivity index (χ0) is 18.8. The molecule has 1 aliphatic heterocycles. The average Bonchev–Trinajstić information content (AvgIpc) is 2.68. The lowest BCUT2D eigenvalue weighted by atomic mass is 10.1. The fourth-order valence-electron chi connectivity index (χ4n) is 2.93. The lowest BCUT2D eigenvalue weighted by molar-refractivity contribution is -0.133. The van der Waals surface area contributed by atoms with E-state index in [4.69, 9.17) is 19.9 Å². The molecular formula is C19H31ClN2O4S. The summed E-state index contributed by atoms with van der Waals surface area (Å²) in [7, 11) is 3.25. The Bertz CT molecular complexity index is 569. The maximum absolute atomic E-state index is 12.4. The number of methoxy groups -OCH3 is 2. The molecule has 0 aromatic heterocycles. The number of carbonyl (C=O) groups is 1. The number of carbonyl (C=O) groups excluding carboxylic acids is 1. The highest BCUT2D eigenvalue weighted by Gasteiger charge is 2.22. The summed E-state index contributed by atoms with van der Waals surface area (Å²) in [6.07, 6.45) is 3.54. The number of halogens is 1. The molecule has 1 fully saturated rings. The Balaban J connectivity index is 0.00000364. The van der Waals surface area contributed by atoms with Gasteiger partial charge in [0.25, 0.3) is 0 Å². The first kappa shape index (κ1) is 23.9. The van der Waals surface area contributed by atoms with Gasteiger partial charge in [0.15, 0.2) is 11.5 Å². The Morgan fingerprint density at radius 3 is 2.56 bits per heavy atom. The molecule has 1 aliphatic rings. The van der Waals surface area contributed by atoms with E-state index < -0.39 is 0 Å². The topological polar surface area (TPSA) is 74.0 Å². The van der Waals surface area contributed by atoms with E-state index in [1.54, 1.807) is 26.0 Å². The molecule has 27 heavy (non-hydrogen) atoms. The van der Waals surface area contributed by atoms with E-state index in [1.807, 2.05) is 23.1 Å². The monoisotopic (exact) mass is 418 g/mol. The van der Waals surface area contributed by atoms with Crippen LogP contribution in [0.4, 0.5) is 0 Å². The minimum atomic E-state index is 0. The summed E-state index contributed by atoms with van der Waals surface area (Å²) >= 11 is 1.66. The van der Waals surface area contributed by atoms with Crippen LogP contribution in [0.2, 0.25) is 0 Å². The first-order valence-corrected chi connectivity index (χ1v) is 10.1. The van der Waals surface area contributed by atoms with Crippen LogP contribution in [0.25, 0.3) is 0 Å². The molecule has 2 rings (SSSR count). The van der Waals surface area contributed by atoms with Crippen molar-refractivity contribution in [2.45, 2.75) is 36.7 Å². The Kier molecular flexibility index (Phi) is 11.6. The van der Waals surface area contributed by atoms with Crippen LogP contribution in [0, 0.1) is 0 Å². The van der Waals surface area contributed by atoms with Crippen molar-refractivity contribution in [3.63, 3.8) is 0 Å². The first-order chi connectivity index (χ1) is 12.7. The highest BCUT2D eigenvalue weighted by atomic mass is 35.5. The SMILES string of the molecule is COc1ccc(SCCC(=O)N2CCC(OCCCN)CC2)cc1OC.Cl. The highest BCUT2D eigenvalue weighted by molar-refractivity contribution is 7.99. The number of nitrogens with two attached hydrogens (primary N) is 1. The van der Waals surface area contributed by atoms with Gasteiger partial charge < -0.3 is 24.8 Å². The van der Waals surface area contributed by atoms with Crippen molar-refractivity contribution in [3.05, 3.63) is 18.2 Å². The van der Waals surface area contributed by atoms with Gasteiger partial charge in [-0.05, 0) is 44.0 Å². The Morgan fingerprint density at radius 2 is 1.93 bits per heavy atom. The van der Waals surface area contributed by atoms with Crippen LogP contribution in [0.15, 0.2) is 23.1 Å². The van der Waals surface area contributed by atoms with E-state index in [0.29, 0.717) is 24.5 Å². The molecule has 1 aromatic rings. The van der Waals surface area contributed by atoms with Crippen LogP contribution in [-0.4, -0.2) is 63.1 Å². The van der Waals surface area contributed by atoms with Crippen LogP contribution in [0.1, 0.15) is 25.7 Å². The molecule has 0 unspecified atom stereocenters. The van der Waals surface area contributed by atoms with Crippen molar-refractivity contribution in [3.8, 4) is 11.5 Å². The zero-order valence-corrected chi connectivity index (χ0v) is 17.8. The van der Waals surface area contributed by atoms with Gasteiger partial charge in [0, 0.05) is 36.8 Å². The number of ether oxygens (including phenoxy) is 3. The summed E-state index contributed by atoms with van der Waals surface area (Å²) in [6, 6.07) is 5.82. The number of likely N-dealkylation sites (tertiary alicyclic amines) is 1. The van der Waals surface area contributed by atoms with Crippen LogP contribution < -0.4 is 15.2 Å². The first-order valence-electron chi connectivity index (χ1n) is 9.12. The number of piperidine rings is 1. The Morgan fingerprint density at radius 1 is 1.22 bits per heavy atom. The minimum absolute atomic E-state index is 0. The van der Waals surface area contributed by atoms with Gasteiger partial charge in [0.05, 0.1) is 20.3 Å². The van der Waals surface area contributed by atoms with Crippen molar-refractivity contribution in [1.82, 2.24) is 4.90 Å². The molecule has 0 atom stereocenters. The number of hydrogen-bond acceptors (Lipinski definition) is 6. The minimum Gasteiger partial charge on any atom is -0.493 e. The van der Waals surface area contributed by atoms with Crippen molar-refractivity contribution in [2.75, 3.05) is 46.2 Å². The third kappa shape index (κ3) is 7.78. The zero-order valence-electron chi connectivity index (χ0n) is 16.1. The van der Waals surface area contributed by atoms with Crippen LogP contribution in [0.5, 0.6) is 11.5 Å². The van der Waals surface area contributed by atoms with E-state index in [2.05, 4.69) is 0 Å². The Hall–Kier alpha value is -1.15. The Labute approximate surface area is 172 Å². The fraction of sp³-hybridized carbons (Fsp3) is 0.632. The lowest BCUT2D eigenvalue weighted by Gasteiger charge is -2.32. The molecule has 1 heterocycles. The van der Waals surface area contributed by atoms with Crippen molar-refractivity contribution < 1.29 is 19.0 Å². The van der Waals surface area contributed by atoms with Crippen LogP contribution in [-0.2, 0) is 9.53 Å². The predicted molar refractivity (Wildman–Crippen MR) is 111 cm³/mol. The van der Waals surface area contributed by atoms with Gasteiger partial charge in [0.2, 0.25) is 5.91 Å². The van der Waals surface area contributed by atoms with Gasteiger partial charge in [0.1, 0.15) is 0 Å². The molecule has 0 aliphatic carbocycles. The van der Waals surface area contributed by atoms with Crippen molar-refractivity contribution in [2.24, 2.45) is 5.73 Å². The fourth-order valence-corrected chi connectivity index (χ4v) is 3.79. The second-order valence-electron chi connectivity index (χ2n) is 6.21. The van der Waals surface area contributed by atoms with E-state index in [-0.39, 0.29) is 24.4 Å².